The fraction of sp³-hybridized carbons (Fsp3) is 0.200. The van der Waals surface area contributed by atoms with Gasteiger partial charge in [0.05, 0.1) is 48.2 Å². The van der Waals surface area contributed by atoms with Crippen LogP contribution < -0.4 is 19.6 Å². The van der Waals surface area contributed by atoms with Crippen LogP contribution in [0.1, 0.15) is 41.6 Å². The van der Waals surface area contributed by atoms with Crippen LogP contribution in [0.4, 0.5) is 0 Å². The Morgan fingerprint density at radius 3 is 2.62 bits per heavy atom. The maximum absolute atomic E-state index is 13.8. The van der Waals surface area contributed by atoms with Crippen LogP contribution in [0.5, 0.6) is 5.75 Å². The molecular weight excluding hydrogens is 532 g/mol. The predicted molar refractivity (Wildman–Crippen MR) is 149 cm³/mol. The van der Waals surface area contributed by atoms with E-state index < -0.39 is 18.0 Å². The fourth-order valence-corrected chi connectivity index (χ4v) is 5.64. The highest BCUT2D eigenvalue weighted by Crippen LogP contribution is 2.32. The Morgan fingerprint density at radius 1 is 1.07 bits per heavy atom. The van der Waals surface area contributed by atoms with Gasteiger partial charge in [-0.25, -0.2) is 14.6 Å². The first-order chi connectivity index (χ1) is 19.4. The molecule has 2 aromatic heterocycles. The van der Waals surface area contributed by atoms with E-state index in [9.17, 15) is 14.4 Å². The summed E-state index contributed by atoms with van der Waals surface area (Å²) in [4.78, 5) is 44.1. The third kappa shape index (κ3) is 4.89. The number of furan rings is 1. The Kier molecular flexibility index (Phi) is 7.52. The van der Waals surface area contributed by atoms with E-state index in [1.807, 2.05) is 6.07 Å². The molecule has 2 aromatic carbocycles. The maximum Gasteiger partial charge on any atom is 0.338 e. The Balaban J connectivity index is 1.63. The quantitative estimate of drug-likeness (QED) is 0.317. The van der Waals surface area contributed by atoms with E-state index in [0.717, 1.165) is 0 Å². The summed E-state index contributed by atoms with van der Waals surface area (Å²) >= 11 is 1.19. The second kappa shape index (κ2) is 11.2. The van der Waals surface area contributed by atoms with Crippen molar-refractivity contribution in [2.75, 3.05) is 20.8 Å². The molecule has 0 saturated carbocycles. The molecule has 0 fully saturated rings. The van der Waals surface area contributed by atoms with Crippen LogP contribution in [0.2, 0.25) is 0 Å². The van der Waals surface area contributed by atoms with E-state index in [1.54, 1.807) is 81.6 Å². The van der Waals surface area contributed by atoms with Crippen LogP contribution in [-0.4, -0.2) is 37.3 Å². The third-order valence-corrected chi connectivity index (χ3v) is 7.41. The Bertz CT molecular complexity index is 1830. The lowest BCUT2D eigenvalue weighted by molar-refractivity contribution is -0.139. The molecule has 204 valence electrons. The minimum atomic E-state index is -0.758. The average Bonchev–Trinajstić information content (AvgIpc) is 3.56. The normalized spacial score (nSPS) is 14.9. The van der Waals surface area contributed by atoms with Gasteiger partial charge >= 0.3 is 11.9 Å². The second-order valence-corrected chi connectivity index (χ2v) is 9.83. The number of methoxy groups -OCH3 is 2. The van der Waals surface area contributed by atoms with E-state index in [1.165, 1.54) is 23.0 Å². The van der Waals surface area contributed by atoms with E-state index in [0.29, 0.717) is 49.0 Å². The second-order valence-electron chi connectivity index (χ2n) is 8.82. The molecule has 0 N–H and O–H groups in total. The summed E-state index contributed by atoms with van der Waals surface area (Å²) in [7, 11) is 2.87. The fourth-order valence-electron chi connectivity index (χ4n) is 4.61. The molecule has 10 heteroatoms. The van der Waals surface area contributed by atoms with Crippen molar-refractivity contribution in [2.24, 2.45) is 4.99 Å². The van der Waals surface area contributed by atoms with Gasteiger partial charge in [-0.05, 0) is 49.7 Å². The highest BCUT2D eigenvalue weighted by Gasteiger charge is 2.33. The summed E-state index contributed by atoms with van der Waals surface area (Å²) < 4.78 is 23.5. The number of ether oxygens (including phenoxy) is 3. The molecule has 0 saturated heterocycles. The van der Waals surface area contributed by atoms with Gasteiger partial charge in [-0.2, -0.15) is 0 Å². The van der Waals surface area contributed by atoms with Crippen molar-refractivity contribution >= 4 is 29.4 Å². The Morgan fingerprint density at radius 2 is 1.88 bits per heavy atom. The van der Waals surface area contributed by atoms with Gasteiger partial charge < -0.3 is 18.6 Å². The maximum atomic E-state index is 13.8. The zero-order valence-corrected chi connectivity index (χ0v) is 23.1. The van der Waals surface area contributed by atoms with Crippen molar-refractivity contribution in [2.45, 2.75) is 19.9 Å². The number of hydrogen-bond donors (Lipinski definition) is 0. The number of carbonyl (C=O) groups excluding carboxylic acids is 2. The van der Waals surface area contributed by atoms with E-state index >= 15 is 0 Å². The molecule has 0 aliphatic carbocycles. The average molecular weight is 559 g/mol. The van der Waals surface area contributed by atoms with Crippen molar-refractivity contribution in [1.82, 2.24) is 4.57 Å². The number of carbonyl (C=O) groups is 2. The first-order valence-corrected chi connectivity index (χ1v) is 13.3. The predicted octanol–water partition coefficient (Wildman–Crippen LogP) is 3.85. The van der Waals surface area contributed by atoms with Gasteiger partial charge in [-0.1, -0.05) is 41.7 Å². The van der Waals surface area contributed by atoms with Gasteiger partial charge in [-0.3, -0.25) is 9.36 Å². The number of rotatable bonds is 7. The molecule has 40 heavy (non-hydrogen) atoms. The zero-order chi connectivity index (χ0) is 28.4. The van der Waals surface area contributed by atoms with Crippen LogP contribution in [-0.2, 0) is 14.3 Å². The summed E-state index contributed by atoms with van der Waals surface area (Å²) in [6.07, 6.45) is 1.63. The molecule has 0 radical (unpaired) electrons. The van der Waals surface area contributed by atoms with E-state index in [2.05, 4.69) is 4.99 Å². The Hall–Kier alpha value is -4.70. The highest BCUT2D eigenvalue weighted by molar-refractivity contribution is 7.07. The minimum absolute atomic E-state index is 0.185. The highest BCUT2D eigenvalue weighted by atomic mass is 32.1. The molecule has 0 bridgehead atoms. The Labute approximate surface area is 233 Å². The van der Waals surface area contributed by atoms with Crippen molar-refractivity contribution < 1.29 is 28.2 Å². The van der Waals surface area contributed by atoms with Crippen molar-refractivity contribution in [3.05, 3.63) is 109 Å². The largest absolute Gasteiger partial charge is 0.497 e. The van der Waals surface area contributed by atoms with Gasteiger partial charge in [0, 0.05) is 11.6 Å². The van der Waals surface area contributed by atoms with Gasteiger partial charge in [-0.15, -0.1) is 0 Å². The smallest absolute Gasteiger partial charge is 0.338 e. The summed E-state index contributed by atoms with van der Waals surface area (Å²) in [6, 6.07) is 16.9. The number of nitrogens with zero attached hydrogens (tertiary/aromatic N) is 2. The van der Waals surface area contributed by atoms with Gasteiger partial charge in [0.2, 0.25) is 0 Å². The van der Waals surface area contributed by atoms with Gasteiger partial charge in [0.1, 0.15) is 17.3 Å². The number of thiazole rings is 1. The molecule has 3 heterocycles. The van der Waals surface area contributed by atoms with Crippen LogP contribution >= 0.6 is 11.3 Å². The molecule has 1 atom stereocenters. The zero-order valence-electron chi connectivity index (χ0n) is 22.3. The lowest BCUT2D eigenvalue weighted by atomic mass is 9.95. The first kappa shape index (κ1) is 26.9. The minimum Gasteiger partial charge on any atom is -0.497 e. The molecule has 5 rings (SSSR count). The van der Waals surface area contributed by atoms with Crippen LogP contribution in [0.15, 0.2) is 86.1 Å². The number of allylic oxidation sites excluding steroid dienone is 1. The summed E-state index contributed by atoms with van der Waals surface area (Å²) in [5, 5.41) is 0. The molecule has 0 unspecified atom stereocenters. The number of esters is 2. The molecule has 9 nitrogen and oxygen atoms in total. The van der Waals surface area contributed by atoms with Crippen molar-refractivity contribution in [3.63, 3.8) is 0 Å². The van der Waals surface area contributed by atoms with Crippen molar-refractivity contribution in [1.29, 1.82) is 0 Å². The molecule has 1 aliphatic rings. The first-order valence-electron chi connectivity index (χ1n) is 12.5. The van der Waals surface area contributed by atoms with E-state index in [-0.39, 0.29) is 17.7 Å². The monoisotopic (exact) mass is 558 g/mol. The molecule has 0 amide bonds. The summed E-state index contributed by atoms with van der Waals surface area (Å²) in [6.45, 7) is 3.64. The van der Waals surface area contributed by atoms with Crippen LogP contribution in [0.3, 0.4) is 0 Å². The lowest BCUT2D eigenvalue weighted by Gasteiger charge is -2.24. The molecular formula is C30H26N2O7S. The van der Waals surface area contributed by atoms with E-state index in [4.69, 9.17) is 18.6 Å². The molecule has 0 spiro atoms. The number of fused-ring (bicyclic) bond motifs is 1. The SMILES string of the molecule is CCOC(=O)C1=C(C)N=c2s/c(=C/c3ccc(-c4ccccc4C(=O)OC)o3)c(=O)n2[C@@H]1c1cccc(OC)c1. The lowest BCUT2D eigenvalue weighted by Crippen LogP contribution is -2.39. The summed E-state index contributed by atoms with van der Waals surface area (Å²) in [5.41, 5.74) is 2.05. The topological polar surface area (TPSA) is 109 Å². The number of hydrogen-bond acceptors (Lipinski definition) is 9. The number of benzene rings is 2. The van der Waals surface area contributed by atoms with Gasteiger partial charge in [0.15, 0.2) is 4.80 Å². The van der Waals surface area contributed by atoms with Gasteiger partial charge in [0.25, 0.3) is 5.56 Å². The molecule has 4 aromatic rings. The third-order valence-electron chi connectivity index (χ3n) is 6.42. The molecule has 1 aliphatic heterocycles. The van der Waals surface area contributed by atoms with Crippen LogP contribution in [0, 0.1) is 0 Å². The standard InChI is InChI=1S/C30H26N2O7S/c1-5-38-29(35)25-17(2)31-30-32(26(25)18-9-8-10-19(15-18)36-3)27(33)24(40-30)16-20-13-14-23(39-20)21-11-6-7-12-22(21)28(34)37-4/h6-16,26H,5H2,1-4H3/b24-16+/t26-/m1/s1. The van der Waals surface area contributed by atoms with Crippen molar-refractivity contribution in [3.8, 4) is 17.1 Å². The van der Waals surface area contributed by atoms with Crippen LogP contribution in [0.25, 0.3) is 17.4 Å². The number of aromatic nitrogens is 1. The summed E-state index contributed by atoms with van der Waals surface area (Å²) in [5.74, 6) is 0.444.